The van der Waals surface area contributed by atoms with Crippen molar-refractivity contribution in [2.75, 3.05) is 26.3 Å². The first-order valence-electron chi connectivity index (χ1n) is 10.8. The van der Waals surface area contributed by atoms with E-state index in [4.69, 9.17) is 4.74 Å². The monoisotopic (exact) mass is 412 g/mol. The van der Waals surface area contributed by atoms with Gasteiger partial charge in [-0.3, -0.25) is 19.7 Å². The summed E-state index contributed by atoms with van der Waals surface area (Å²) in [6, 6.07) is 5.77. The van der Waals surface area contributed by atoms with Gasteiger partial charge in [0, 0.05) is 62.8 Å². The number of fused-ring (bicyclic) bond motifs is 1. The fourth-order valence-electron chi connectivity index (χ4n) is 5.32. The molecule has 1 spiro atoms. The molecule has 30 heavy (non-hydrogen) atoms. The lowest BCUT2D eigenvalue weighted by Crippen LogP contribution is -2.67. The molecule has 0 saturated carbocycles. The molecule has 1 aromatic rings. The predicted octanol–water partition coefficient (Wildman–Crippen LogP) is 0.306. The van der Waals surface area contributed by atoms with Gasteiger partial charge in [-0.05, 0) is 30.4 Å². The topological polar surface area (TPSA) is 99.8 Å². The van der Waals surface area contributed by atoms with Crippen LogP contribution in [0, 0.1) is 5.41 Å². The maximum Gasteiger partial charge on any atom is 0.255 e. The predicted molar refractivity (Wildman–Crippen MR) is 108 cm³/mol. The van der Waals surface area contributed by atoms with Crippen molar-refractivity contribution in [3.63, 3.8) is 0 Å². The van der Waals surface area contributed by atoms with Crippen LogP contribution >= 0.6 is 0 Å². The van der Waals surface area contributed by atoms with Gasteiger partial charge in [0.25, 0.3) is 5.91 Å². The third-order valence-electron chi connectivity index (χ3n) is 7.23. The van der Waals surface area contributed by atoms with Gasteiger partial charge in [-0.1, -0.05) is 18.2 Å². The lowest BCUT2D eigenvalue weighted by atomic mass is 9.68. The number of rotatable bonds is 5. The lowest BCUT2D eigenvalue weighted by molar-refractivity contribution is -0.136. The summed E-state index contributed by atoms with van der Waals surface area (Å²) in [6.45, 7) is 4.63. The minimum Gasteiger partial charge on any atom is -0.381 e. The van der Waals surface area contributed by atoms with E-state index < -0.39 is 6.04 Å². The van der Waals surface area contributed by atoms with Crippen molar-refractivity contribution < 1.29 is 19.1 Å². The van der Waals surface area contributed by atoms with Crippen molar-refractivity contribution in [2.45, 2.75) is 50.9 Å². The smallest absolute Gasteiger partial charge is 0.255 e. The van der Waals surface area contributed by atoms with Crippen LogP contribution in [0.3, 0.4) is 0 Å². The summed E-state index contributed by atoms with van der Waals surface area (Å²) >= 11 is 0. The third kappa shape index (κ3) is 3.33. The first kappa shape index (κ1) is 19.7. The zero-order chi connectivity index (χ0) is 20.7. The molecule has 2 unspecified atom stereocenters. The van der Waals surface area contributed by atoms with Gasteiger partial charge in [0.2, 0.25) is 11.8 Å². The lowest BCUT2D eigenvalue weighted by Gasteiger charge is -2.52. The van der Waals surface area contributed by atoms with Crippen LogP contribution in [0.4, 0.5) is 0 Å². The van der Waals surface area contributed by atoms with Gasteiger partial charge in [-0.25, -0.2) is 0 Å². The molecule has 8 heteroatoms. The van der Waals surface area contributed by atoms with Crippen LogP contribution in [0.15, 0.2) is 18.2 Å². The molecule has 3 N–H and O–H groups in total. The molecule has 3 saturated heterocycles. The largest absolute Gasteiger partial charge is 0.381 e. The Morgan fingerprint density at radius 2 is 2.03 bits per heavy atom. The molecule has 4 aliphatic heterocycles. The van der Waals surface area contributed by atoms with E-state index in [1.165, 1.54) is 0 Å². The van der Waals surface area contributed by atoms with Gasteiger partial charge in [-0.15, -0.1) is 0 Å². The van der Waals surface area contributed by atoms with E-state index in [1.807, 2.05) is 18.2 Å². The van der Waals surface area contributed by atoms with Crippen LogP contribution in [0.5, 0.6) is 0 Å². The zero-order valence-electron chi connectivity index (χ0n) is 17.0. The molecule has 3 amide bonds. The Labute approximate surface area is 175 Å². The summed E-state index contributed by atoms with van der Waals surface area (Å²) < 4.78 is 5.52. The Bertz CT molecular complexity index is 880. The number of amides is 3. The van der Waals surface area contributed by atoms with Crippen LogP contribution in [0.2, 0.25) is 0 Å². The number of hydrogen-bond donors (Lipinski definition) is 3. The highest BCUT2D eigenvalue weighted by molar-refractivity contribution is 6.05. The highest BCUT2D eigenvalue weighted by Crippen LogP contribution is 2.39. The summed E-state index contributed by atoms with van der Waals surface area (Å²) in [5.74, 6) is -0.748. The Morgan fingerprint density at radius 3 is 2.77 bits per heavy atom. The van der Waals surface area contributed by atoms with Crippen molar-refractivity contribution >= 4 is 17.7 Å². The Hall–Kier alpha value is -2.29. The van der Waals surface area contributed by atoms with Crippen LogP contribution in [0.1, 0.15) is 47.2 Å². The molecule has 1 aromatic carbocycles. The summed E-state index contributed by atoms with van der Waals surface area (Å²) in [5, 5.41) is 9.44. The number of nitrogens with one attached hydrogen (secondary N) is 3. The van der Waals surface area contributed by atoms with E-state index in [1.54, 1.807) is 4.90 Å². The van der Waals surface area contributed by atoms with Crippen LogP contribution in [-0.4, -0.2) is 61.0 Å². The normalized spacial score (nSPS) is 27.7. The maximum atomic E-state index is 13.2. The van der Waals surface area contributed by atoms with Crippen molar-refractivity contribution in [2.24, 2.45) is 5.41 Å². The van der Waals surface area contributed by atoms with E-state index >= 15 is 0 Å². The Kier molecular flexibility index (Phi) is 5.08. The average molecular weight is 412 g/mol. The van der Waals surface area contributed by atoms with Crippen molar-refractivity contribution in [1.29, 1.82) is 0 Å². The quantitative estimate of drug-likeness (QED) is 0.602. The molecule has 4 aliphatic rings. The molecule has 4 heterocycles. The van der Waals surface area contributed by atoms with Crippen molar-refractivity contribution in [1.82, 2.24) is 20.9 Å². The Balaban J connectivity index is 1.24. The minimum absolute atomic E-state index is 0.112. The number of piperidine rings is 1. The number of ether oxygens (including phenoxy) is 1. The summed E-state index contributed by atoms with van der Waals surface area (Å²) in [7, 11) is 0. The van der Waals surface area contributed by atoms with Gasteiger partial charge in [0.1, 0.15) is 6.04 Å². The summed E-state index contributed by atoms with van der Waals surface area (Å²) in [6.07, 6.45) is 2.86. The number of benzene rings is 1. The highest BCUT2D eigenvalue weighted by atomic mass is 16.5. The van der Waals surface area contributed by atoms with Crippen molar-refractivity contribution in [3.8, 4) is 0 Å². The van der Waals surface area contributed by atoms with Gasteiger partial charge in [0.05, 0.1) is 0 Å². The number of imide groups is 1. The van der Waals surface area contributed by atoms with E-state index in [2.05, 4.69) is 16.0 Å². The second-order valence-corrected chi connectivity index (χ2v) is 8.89. The van der Waals surface area contributed by atoms with Gasteiger partial charge < -0.3 is 20.3 Å². The molecule has 8 nitrogen and oxygen atoms in total. The molecule has 0 bridgehead atoms. The first-order valence-corrected chi connectivity index (χ1v) is 10.8. The summed E-state index contributed by atoms with van der Waals surface area (Å²) in [4.78, 5) is 38.5. The second kappa shape index (κ2) is 7.76. The fourth-order valence-corrected chi connectivity index (χ4v) is 5.32. The molecule has 5 rings (SSSR count). The number of carbonyl (C=O) groups excluding carboxylic acids is 3. The Morgan fingerprint density at radius 1 is 1.20 bits per heavy atom. The van der Waals surface area contributed by atoms with Gasteiger partial charge in [-0.2, -0.15) is 0 Å². The third-order valence-corrected chi connectivity index (χ3v) is 7.23. The zero-order valence-corrected chi connectivity index (χ0v) is 17.0. The number of carbonyl (C=O) groups is 3. The van der Waals surface area contributed by atoms with E-state index in [9.17, 15) is 14.4 Å². The molecule has 160 valence electrons. The molecular formula is C22H28N4O4. The van der Waals surface area contributed by atoms with Crippen LogP contribution in [-0.2, 0) is 27.4 Å². The summed E-state index contributed by atoms with van der Waals surface area (Å²) in [5.41, 5.74) is 2.97. The average Bonchev–Trinajstić information content (AvgIpc) is 3.08. The maximum absolute atomic E-state index is 13.2. The van der Waals surface area contributed by atoms with E-state index in [0.29, 0.717) is 36.5 Å². The standard InChI is InChI=1S/C22H28N4O4/c27-18-5-4-16(20(28)25-18)26-12-15-3-1-2-14(19(15)21(26)29)10-23-11-17-22(13-24-17)6-8-30-9-7-22/h1-3,16-17,23-24H,4-13H2,(H,25,27,28). The molecule has 0 aromatic heterocycles. The van der Waals surface area contributed by atoms with Gasteiger partial charge in [0.15, 0.2) is 0 Å². The molecule has 3 fully saturated rings. The fraction of sp³-hybridized carbons (Fsp3) is 0.591. The minimum atomic E-state index is -0.573. The van der Waals surface area contributed by atoms with Gasteiger partial charge >= 0.3 is 0 Å². The molecule has 0 aliphatic carbocycles. The SMILES string of the molecule is O=C1CCC(N2Cc3cccc(CNCC4NCC45CCOCC5)c3C2=O)C(=O)N1. The van der Waals surface area contributed by atoms with Crippen molar-refractivity contribution in [3.05, 3.63) is 34.9 Å². The van der Waals surface area contributed by atoms with Crippen LogP contribution in [0.25, 0.3) is 0 Å². The van der Waals surface area contributed by atoms with E-state index in [0.717, 1.165) is 50.3 Å². The number of hydrogen-bond acceptors (Lipinski definition) is 6. The highest BCUT2D eigenvalue weighted by Gasteiger charge is 2.47. The second-order valence-electron chi connectivity index (χ2n) is 8.89. The number of nitrogens with zero attached hydrogens (tertiary/aromatic N) is 1. The molecule has 0 radical (unpaired) electrons. The molecule has 2 atom stereocenters. The van der Waals surface area contributed by atoms with E-state index in [-0.39, 0.29) is 24.1 Å². The first-order chi connectivity index (χ1) is 14.6. The molecular weight excluding hydrogens is 384 g/mol. The van der Waals surface area contributed by atoms with Crippen LogP contribution < -0.4 is 16.0 Å².